The summed E-state index contributed by atoms with van der Waals surface area (Å²) in [5.41, 5.74) is 4.26. The van der Waals surface area contributed by atoms with Crippen LogP contribution in [0.25, 0.3) is 11.3 Å². The molecular formula is C23H32N6O2. The van der Waals surface area contributed by atoms with Crippen LogP contribution in [-0.4, -0.2) is 87.4 Å². The van der Waals surface area contributed by atoms with Crippen molar-refractivity contribution >= 4 is 23.1 Å². The number of hydrogen-bond donors (Lipinski definition) is 3. The van der Waals surface area contributed by atoms with Gasteiger partial charge in [-0.2, -0.15) is 0 Å². The molecule has 1 atom stereocenters. The van der Waals surface area contributed by atoms with Crippen LogP contribution in [0.15, 0.2) is 30.3 Å². The number of likely N-dealkylation sites (N-methyl/N-ethyl adjacent to an activating group) is 1. The number of β-amino-alcohol motifs (C(OH)–C–C–N with tert-alkyl or cyclic N) is 1. The second kappa shape index (κ2) is 9.11. The third kappa shape index (κ3) is 4.45. The smallest absolute Gasteiger partial charge is 0.256 e. The minimum atomic E-state index is -0.399. The third-order valence-corrected chi connectivity index (χ3v) is 6.22. The summed E-state index contributed by atoms with van der Waals surface area (Å²) >= 11 is 0. The van der Waals surface area contributed by atoms with E-state index in [1.165, 1.54) is 5.69 Å². The van der Waals surface area contributed by atoms with Crippen LogP contribution in [0.4, 0.5) is 17.2 Å². The Morgan fingerprint density at radius 1 is 1.06 bits per heavy atom. The first kappa shape index (κ1) is 21.4. The summed E-state index contributed by atoms with van der Waals surface area (Å²) in [4.78, 5) is 24.3. The fraction of sp³-hybridized carbons (Fsp3) is 0.478. The van der Waals surface area contributed by atoms with Gasteiger partial charge >= 0.3 is 0 Å². The van der Waals surface area contributed by atoms with Gasteiger partial charge in [0, 0.05) is 64.6 Å². The Kier molecular flexibility index (Phi) is 6.29. The van der Waals surface area contributed by atoms with Crippen molar-refractivity contribution in [2.24, 2.45) is 0 Å². The minimum absolute atomic E-state index is 0.190. The molecule has 1 aromatic heterocycles. The van der Waals surface area contributed by atoms with Crippen molar-refractivity contribution in [2.45, 2.75) is 12.5 Å². The van der Waals surface area contributed by atoms with Crippen LogP contribution in [0.2, 0.25) is 0 Å². The van der Waals surface area contributed by atoms with E-state index in [1.807, 2.05) is 18.0 Å². The molecule has 0 aliphatic carbocycles. The number of aliphatic hydroxyl groups is 1. The second-order valence-electron chi connectivity index (χ2n) is 8.31. The number of nitrogens with one attached hydrogen (secondary N) is 2. The maximum absolute atomic E-state index is 12.7. The molecule has 2 aliphatic heterocycles. The molecule has 8 heteroatoms. The molecular weight excluding hydrogens is 392 g/mol. The largest absolute Gasteiger partial charge is 0.391 e. The monoisotopic (exact) mass is 424 g/mol. The van der Waals surface area contributed by atoms with Gasteiger partial charge in [0.15, 0.2) is 0 Å². The van der Waals surface area contributed by atoms with Crippen molar-refractivity contribution in [3.8, 4) is 11.3 Å². The molecule has 4 rings (SSSR count). The van der Waals surface area contributed by atoms with Crippen LogP contribution in [0.5, 0.6) is 0 Å². The molecule has 0 spiro atoms. The predicted octanol–water partition coefficient (Wildman–Crippen LogP) is 1.47. The van der Waals surface area contributed by atoms with Crippen molar-refractivity contribution in [3.63, 3.8) is 0 Å². The minimum Gasteiger partial charge on any atom is -0.391 e. The highest BCUT2D eigenvalue weighted by atomic mass is 16.3. The van der Waals surface area contributed by atoms with Crippen LogP contribution in [0.1, 0.15) is 16.8 Å². The van der Waals surface area contributed by atoms with Gasteiger partial charge in [0.25, 0.3) is 5.91 Å². The van der Waals surface area contributed by atoms with Crippen LogP contribution < -0.4 is 20.4 Å². The summed E-state index contributed by atoms with van der Waals surface area (Å²) in [6.45, 7) is 5.35. The zero-order valence-corrected chi connectivity index (χ0v) is 18.6. The third-order valence-electron chi connectivity index (χ3n) is 6.22. The highest BCUT2D eigenvalue weighted by Crippen LogP contribution is 2.33. The number of carbonyl (C=O) groups is 1. The number of rotatable bonds is 5. The Balaban J connectivity index is 1.68. The van der Waals surface area contributed by atoms with Crippen LogP contribution >= 0.6 is 0 Å². The highest BCUT2D eigenvalue weighted by Gasteiger charge is 2.28. The van der Waals surface area contributed by atoms with Crippen LogP contribution in [-0.2, 0) is 0 Å². The molecule has 166 valence electrons. The van der Waals surface area contributed by atoms with Gasteiger partial charge in [-0.05, 0) is 31.7 Å². The molecule has 31 heavy (non-hydrogen) atoms. The number of nitrogens with zero attached hydrogens (tertiary/aromatic N) is 4. The lowest BCUT2D eigenvalue weighted by molar-refractivity contribution is 0.0964. The number of aromatic nitrogens is 1. The Labute approximate surface area is 183 Å². The second-order valence-corrected chi connectivity index (χ2v) is 8.31. The standard InChI is InChI=1S/C23H32N6O2/c1-24-20-14-19(16-4-6-17(7-5-16)28-12-10-27(3)11-13-28)26-22(21(20)23(31)25-2)29-9-8-18(30)15-29/h4-7,14,18,30H,8-13,15H2,1-3H3,(H,24,26)(H,25,31). The summed E-state index contributed by atoms with van der Waals surface area (Å²) in [7, 11) is 5.59. The van der Waals surface area contributed by atoms with Gasteiger partial charge in [-0.1, -0.05) is 12.1 Å². The molecule has 0 bridgehead atoms. The Morgan fingerprint density at radius 2 is 1.77 bits per heavy atom. The van der Waals surface area contributed by atoms with Crippen LogP contribution in [0.3, 0.4) is 0 Å². The summed E-state index contributed by atoms with van der Waals surface area (Å²) in [5, 5.41) is 15.9. The van der Waals surface area contributed by atoms with Crippen molar-refractivity contribution in [1.29, 1.82) is 0 Å². The van der Waals surface area contributed by atoms with Gasteiger partial charge in [-0.3, -0.25) is 4.79 Å². The van der Waals surface area contributed by atoms with Crippen molar-refractivity contribution in [2.75, 3.05) is 75.5 Å². The average molecular weight is 425 g/mol. The van der Waals surface area contributed by atoms with E-state index < -0.39 is 6.10 Å². The van der Waals surface area contributed by atoms with E-state index in [4.69, 9.17) is 4.98 Å². The van der Waals surface area contributed by atoms with Gasteiger partial charge in [0.2, 0.25) is 0 Å². The fourth-order valence-electron chi connectivity index (χ4n) is 4.30. The predicted molar refractivity (Wildman–Crippen MR) is 125 cm³/mol. The lowest BCUT2D eigenvalue weighted by Crippen LogP contribution is -2.44. The molecule has 3 N–H and O–H groups in total. The summed E-state index contributed by atoms with van der Waals surface area (Å²) < 4.78 is 0. The van der Waals surface area contributed by atoms with Gasteiger partial charge < -0.3 is 30.4 Å². The number of piperazine rings is 1. The SMILES string of the molecule is CNC(=O)c1c(NC)cc(-c2ccc(N3CCN(C)CC3)cc2)nc1N1CCC(O)C1. The summed E-state index contributed by atoms with van der Waals surface area (Å²) in [6.07, 6.45) is 0.275. The first-order valence-corrected chi connectivity index (χ1v) is 10.9. The molecule has 1 amide bonds. The molecule has 8 nitrogen and oxygen atoms in total. The molecule has 0 radical (unpaired) electrons. The molecule has 2 saturated heterocycles. The lowest BCUT2D eigenvalue weighted by Gasteiger charge is -2.34. The normalized spacial score (nSPS) is 19.5. The lowest BCUT2D eigenvalue weighted by atomic mass is 10.1. The first-order valence-electron chi connectivity index (χ1n) is 10.9. The van der Waals surface area contributed by atoms with E-state index in [0.717, 1.165) is 43.1 Å². The van der Waals surface area contributed by atoms with E-state index in [9.17, 15) is 9.90 Å². The molecule has 2 aliphatic rings. The number of pyridine rings is 1. The molecule has 3 heterocycles. The average Bonchev–Trinajstić information content (AvgIpc) is 3.24. The van der Waals surface area contributed by atoms with Gasteiger partial charge in [-0.15, -0.1) is 0 Å². The van der Waals surface area contributed by atoms with Gasteiger partial charge in [-0.25, -0.2) is 4.98 Å². The number of anilines is 3. The van der Waals surface area contributed by atoms with E-state index in [1.54, 1.807) is 7.05 Å². The zero-order chi connectivity index (χ0) is 22.0. The van der Waals surface area contributed by atoms with Crippen molar-refractivity contribution < 1.29 is 9.90 Å². The zero-order valence-electron chi connectivity index (χ0n) is 18.6. The Hall–Kier alpha value is -2.84. The maximum atomic E-state index is 12.7. The van der Waals surface area contributed by atoms with E-state index in [2.05, 4.69) is 51.7 Å². The van der Waals surface area contributed by atoms with Crippen molar-refractivity contribution in [3.05, 3.63) is 35.9 Å². The molecule has 0 saturated carbocycles. The van der Waals surface area contributed by atoms with Crippen molar-refractivity contribution in [1.82, 2.24) is 15.2 Å². The van der Waals surface area contributed by atoms with E-state index >= 15 is 0 Å². The Morgan fingerprint density at radius 3 is 2.35 bits per heavy atom. The van der Waals surface area contributed by atoms with E-state index in [0.29, 0.717) is 30.9 Å². The number of hydrogen-bond acceptors (Lipinski definition) is 7. The number of benzene rings is 1. The quantitative estimate of drug-likeness (QED) is 0.670. The topological polar surface area (TPSA) is 84.0 Å². The highest BCUT2D eigenvalue weighted by molar-refractivity contribution is 6.05. The number of amides is 1. The van der Waals surface area contributed by atoms with Gasteiger partial charge in [0.1, 0.15) is 11.4 Å². The maximum Gasteiger partial charge on any atom is 0.256 e. The van der Waals surface area contributed by atoms with Crippen LogP contribution in [0, 0.1) is 0 Å². The molecule has 1 unspecified atom stereocenters. The fourth-order valence-corrected chi connectivity index (χ4v) is 4.30. The summed E-state index contributed by atoms with van der Waals surface area (Å²) in [6, 6.07) is 10.4. The Bertz CT molecular complexity index is 924. The van der Waals surface area contributed by atoms with E-state index in [-0.39, 0.29) is 5.91 Å². The number of aliphatic hydroxyl groups excluding tert-OH is 1. The first-order chi connectivity index (χ1) is 15.0. The summed E-state index contributed by atoms with van der Waals surface area (Å²) in [5.74, 6) is 0.422. The molecule has 1 aromatic carbocycles. The molecule has 2 aromatic rings. The van der Waals surface area contributed by atoms with Gasteiger partial charge in [0.05, 0.1) is 17.5 Å². The molecule has 2 fully saturated rings. The number of carbonyl (C=O) groups excluding carboxylic acids is 1.